The molecular weight excluding hydrogens is 319 g/mol. The maximum atomic E-state index is 13.4. The molecular formula is C16H18BrFN2. The van der Waals surface area contributed by atoms with Crippen LogP contribution in [-0.2, 0) is 0 Å². The lowest BCUT2D eigenvalue weighted by Gasteiger charge is -2.20. The lowest BCUT2D eigenvalue weighted by molar-refractivity contribution is 0.595. The summed E-state index contributed by atoms with van der Waals surface area (Å²) in [5, 5.41) is 3.39. The van der Waals surface area contributed by atoms with Crippen LogP contribution in [-0.4, -0.2) is 11.5 Å². The molecule has 1 unspecified atom stereocenters. The van der Waals surface area contributed by atoms with E-state index in [9.17, 15) is 4.39 Å². The summed E-state index contributed by atoms with van der Waals surface area (Å²) in [5.41, 5.74) is 4.31. The van der Waals surface area contributed by atoms with Gasteiger partial charge in [-0.15, -0.1) is 0 Å². The Morgan fingerprint density at radius 1 is 1.15 bits per heavy atom. The number of hydrogen-bond acceptors (Lipinski definition) is 2. The molecule has 0 bridgehead atoms. The predicted octanol–water partition coefficient (Wildman–Crippen LogP) is 4.30. The second-order valence-electron chi connectivity index (χ2n) is 4.90. The van der Waals surface area contributed by atoms with Gasteiger partial charge >= 0.3 is 0 Å². The Labute approximate surface area is 127 Å². The molecule has 2 nitrogen and oxygen atoms in total. The topological polar surface area (TPSA) is 24.9 Å². The van der Waals surface area contributed by atoms with Crippen molar-refractivity contribution in [3.8, 4) is 0 Å². The molecule has 0 aliphatic rings. The Hall–Kier alpha value is -1.26. The third-order valence-corrected chi connectivity index (χ3v) is 4.51. The lowest BCUT2D eigenvalue weighted by atomic mass is 9.96. The average Bonchev–Trinajstić information content (AvgIpc) is 2.41. The first-order chi connectivity index (χ1) is 9.52. The predicted molar refractivity (Wildman–Crippen MR) is 83.3 cm³/mol. The summed E-state index contributed by atoms with van der Waals surface area (Å²) >= 11 is 3.58. The molecule has 4 heteroatoms. The van der Waals surface area contributed by atoms with Crippen LogP contribution in [0.4, 0.5) is 4.39 Å². The van der Waals surface area contributed by atoms with Crippen molar-refractivity contribution in [1.82, 2.24) is 10.3 Å². The molecule has 1 aromatic heterocycles. The molecule has 1 atom stereocenters. The highest BCUT2D eigenvalue weighted by Gasteiger charge is 2.16. The van der Waals surface area contributed by atoms with Gasteiger partial charge in [-0.05, 0) is 48.7 Å². The van der Waals surface area contributed by atoms with Crippen LogP contribution >= 0.6 is 15.9 Å². The van der Waals surface area contributed by atoms with Crippen LogP contribution in [0.25, 0.3) is 0 Å². The van der Waals surface area contributed by atoms with Crippen molar-refractivity contribution in [2.24, 2.45) is 0 Å². The van der Waals surface area contributed by atoms with Crippen molar-refractivity contribution < 1.29 is 4.39 Å². The zero-order chi connectivity index (χ0) is 14.7. The summed E-state index contributed by atoms with van der Waals surface area (Å²) in [6.07, 6.45) is 2.94. The van der Waals surface area contributed by atoms with Gasteiger partial charge in [0.05, 0.1) is 12.2 Å². The zero-order valence-electron chi connectivity index (χ0n) is 11.9. The largest absolute Gasteiger partial charge is 0.306 e. The van der Waals surface area contributed by atoms with E-state index in [-0.39, 0.29) is 11.9 Å². The number of halogens is 2. The van der Waals surface area contributed by atoms with Crippen molar-refractivity contribution in [3.63, 3.8) is 0 Å². The van der Waals surface area contributed by atoms with Crippen LogP contribution < -0.4 is 5.32 Å². The van der Waals surface area contributed by atoms with Gasteiger partial charge in [0.1, 0.15) is 5.82 Å². The lowest BCUT2D eigenvalue weighted by Crippen LogP contribution is -2.22. The van der Waals surface area contributed by atoms with Crippen molar-refractivity contribution in [2.45, 2.75) is 26.8 Å². The monoisotopic (exact) mass is 336 g/mol. The zero-order valence-corrected chi connectivity index (χ0v) is 13.5. The molecule has 0 spiro atoms. The van der Waals surface area contributed by atoms with Crippen molar-refractivity contribution in [3.05, 3.63) is 63.1 Å². The third kappa shape index (κ3) is 3.25. The third-order valence-electron chi connectivity index (χ3n) is 3.26. The molecule has 0 aliphatic heterocycles. The van der Waals surface area contributed by atoms with Crippen LogP contribution in [0.1, 0.15) is 35.2 Å². The van der Waals surface area contributed by atoms with Gasteiger partial charge in [-0.3, -0.25) is 4.98 Å². The molecule has 106 valence electrons. The van der Waals surface area contributed by atoms with Gasteiger partial charge in [-0.1, -0.05) is 35.0 Å². The normalized spacial score (nSPS) is 12.4. The second-order valence-corrected chi connectivity index (χ2v) is 5.69. The van der Waals surface area contributed by atoms with E-state index in [4.69, 9.17) is 0 Å². The van der Waals surface area contributed by atoms with Gasteiger partial charge in [0.25, 0.3) is 0 Å². The number of nitrogens with one attached hydrogen (secondary N) is 1. The molecule has 0 amide bonds. The fraction of sp³-hybridized carbons (Fsp3) is 0.312. The summed E-state index contributed by atoms with van der Waals surface area (Å²) < 4.78 is 14.5. The fourth-order valence-corrected chi connectivity index (χ4v) is 2.59. The van der Waals surface area contributed by atoms with Crippen LogP contribution in [0.2, 0.25) is 0 Å². The quantitative estimate of drug-likeness (QED) is 0.900. The number of rotatable bonds is 4. The van der Waals surface area contributed by atoms with Gasteiger partial charge in [-0.2, -0.15) is 0 Å². The number of aromatic nitrogens is 1. The Morgan fingerprint density at radius 3 is 2.35 bits per heavy atom. The highest BCUT2D eigenvalue weighted by molar-refractivity contribution is 9.10. The van der Waals surface area contributed by atoms with Gasteiger partial charge in [0.15, 0.2) is 0 Å². The molecule has 0 fully saturated rings. The molecule has 0 saturated heterocycles. The van der Waals surface area contributed by atoms with Gasteiger partial charge < -0.3 is 5.32 Å². The van der Waals surface area contributed by atoms with E-state index < -0.39 is 0 Å². The maximum absolute atomic E-state index is 13.4. The first-order valence-corrected chi connectivity index (χ1v) is 7.42. The number of pyridine rings is 1. The van der Waals surface area contributed by atoms with Gasteiger partial charge in [-0.25, -0.2) is 4.39 Å². The average molecular weight is 337 g/mol. The van der Waals surface area contributed by atoms with Crippen LogP contribution in [0.15, 0.2) is 35.1 Å². The molecule has 0 aliphatic carbocycles. The first kappa shape index (κ1) is 15.1. The Bertz CT molecular complexity index is 590. The van der Waals surface area contributed by atoms with E-state index >= 15 is 0 Å². The molecule has 1 aromatic carbocycles. The summed E-state index contributed by atoms with van der Waals surface area (Å²) in [6, 6.07) is 5.73. The Kier molecular flexibility index (Phi) is 4.89. The summed E-state index contributed by atoms with van der Waals surface area (Å²) in [7, 11) is 0. The summed E-state index contributed by atoms with van der Waals surface area (Å²) in [5.74, 6) is -0.309. The minimum absolute atomic E-state index is 0.0475. The summed E-state index contributed by atoms with van der Waals surface area (Å²) in [4.78, 5) is 3.95. The molecule has 0 radical (unpaired) electrons. The minimum atomic E-state index is -0.309. The van der Waals surface area contributed by atoms with E-state index in [1.54, 1.807) is 6.20 Å². The number of nitrogens with zero attached hydrogens (tertiary/aromatic N) is 1. The first-order valence-electron chi connectivity index (χ1n) is 6.63. The van der Waals surface area contributed by atoms with Crippen molar-refractivity contribution >= 4 is 15.9 Å². The smallest absolute Gasteiger partial charge is 0.141 e. The van der Waals surface area contributed by atoms with Crippen LogP contribution in [0.5, 0.6) is 0 Å². The molecule has 2 rings (SSSR count). The van der Waals surface area contributed by atoms with E-state index in [0.717, 1.165) is 22.1 Å². The Morgan fingerprint density at radius 2 is 1.80 bits per heavy atom. The van der Waals surface area contributed by atoms with Gasteiger partial charge in [0.2, 0.25) is 0 Å². The summed E-state index contributed by atoms with van der Waals surface area (Å²) in [6.45, 7) is 6.97. The van der Waals surface area contributed by atoms with Gasteiger partial charge in [0, 0.05) is 10.7 Å². The van der Waals surface area contributed by atoms with E-state index in [2.05, 4.69) is 52.2 Å². The number of aryl methyl sites for hydroxylation is 2. The highest BCUT2D eigenvalue weighted by Crippen LogP contribution is 2.28. The van der Waals surface area contributed by atoms with E-state index in [0.29, 0.717) is 0 Å². The minimum Gasteiger partial charge on any atom is -0.306 e. The van der Waals surface area contributed by atoms with Crippen LogP contribution in [0.3, 0.4) is 0 Å². The molecule has 1 N–H and O–H groups in total. The van der Waals surface area contributed by atoms with Crippen LogP contribution in [0, 0.1) is 19.7 Å². The van der Waals surface area contributed by atoms with E-state index in [1.807, 2.05) is 6.92 Å². The molecule has 0 saturated carbocycles. The molecule has 2 aromatic rings. The van der Waals surface area contributed by atoms with Crippen molar-refractivity contribution in [2.75, 3.05) is 6.54 Å². The molecule has 1 heterocycles. The molecule has 20 heavy (non-hydrogen) atoms. The van der Waals surface area contributed by atoms with Crippen molar-refractivity contribution in [1.29, 1.82) is 0 Å². The number of benzene rings is 1. The maximum Gasteiger partial charge on any atom is 0.141 e. The fourth-order valence-electron chi connectivity index (χ4n) is 2.36. The Balaban J connectivity index is 2.48. The highest BCUT2D eigenvalue weighted by atomic mass is 79.9. The second kappa shape index (κ2) is 6.46. The van der Waals surface area contributed by atoms with E-state index in [1.165, 1.54) is 23.4 Å². The number of hydrogen-bond donors (Lipinski definition) is 1. The standard InChI is InChI=1S/C16H18BrFN2/c1-4-20-16(13-7-14(18)9-19-8-13)12-5-10(2)15(17)11(3)6-12/h5-9,16,20H,4H2,1-3H3. The SMILES string of the molecule is CCNC(c1cncc(F)c1)c1cc(C)c(Br)c(C)c1.